The summed E-state index contributed by atoms with van der Waals surface area (Å²) >= 11 is 13.9. The molecule has 0 spiro atoms. The molecule has 2 aliphatic heterocycles. The lowest BCUT2D eigenvalue weighted by Crippen LogP contribution is -2.39. The van der Waals surface area contributed by atoms with Crippen LogP contribution in [-0.4, -0.2) is 41.0 Å². The molecule has 1 unspecified atom stereocenters. The van der Waals surface area contributed by atoms with E-state index in [0.717, 1.165) is 32.8 Å². The first-order chi connectivity index (χ1) is 14.6. The highest BCUT2D eigenvalue weighted by Gasteiger charge is 2.51. The molecular weight excluding hydrogens is 449 g/mol. The van der Waals surface area contributed by atoms with Crippen molar-refractivity contribution in [2.75, 3.05) is 14.1 Å². The average molecular weight is 476 g/mol. The Balaban J connectivity index is 1.84. The van der Waals surface area contributed by atoms with Gasteiger partial charge < -0.3 is 9.80 Å². The van der Waals surface area contributed by atoms with Gasteiger partial charge in [-0.3, -0.25) is 9.79 Å². The largest absolute Gasteiger partial charge is 0.344 e. The third kappa shape index (κ3) is 3.96. The number of hydrogen-bond donors (Lipinski definition) is 0. The lowest BCUT2D eigenvalue weighted by molar-refractivity contribution is -0.124. The van der Waals surface area contributed by atoms with Crippen LogP contribution in [0.2, 0.25) is 5.02 Å². The van der Waals surface area contributed by atoms with Gasteiger partial charge in [-0.15, -0.1) is 0 Å². The van der Waals surface area contributed by atoms with E-state index in [2.05, 4.69) is 50.0 Å². The lowest BCUT2D eigenvalue weighted by Gasteiger charge is -2.39. The van der Waals surface area contributed by atoms with Crippen molar-refractivity contribution in [1.82, 2.24) is 9.80 Å². The fourth-order valence-electron chi connectivity index (χ4n) is 4.43. The monoisotopic (exact) mass is 475 g/mol. The van der Waals surface area contributed by atoms with E-state index in [-0.39, 0.29) is 29.3 Å². The zero-order valence-corrected chi connectivity index (χ0v) is 20.7. The molecule has 1 aliphatic carbocycles. The van der Waals surface area contributed by atoms with E-state index < -0.39 is 0 Å². The molecule has 3 atom stereocenters. The minimum atomic E-state index is -0.186. The molecule has 0 saturated carbocycles. The molecule has 0 N–H and O–H groups in total. The van der Waals surface area contributed by atoms with Crippen molar-refractivity contribution in [2.24, 2.45) is 16.3 Å². The van der Waals surface area contributed by atoms with Crippen LogP contribution in [0.25, 0.3) is 0 Å². The molecule has 2 heterocycles. The summed E-state index contributed by atoms with van der Waals surface area (Å²) < 4.78 is 0. The highest BCUT2D eigenvalue weighted by molar-refractivity contribution is 8.18. The number of benzene rings is 1. The number of carbonyl (C=O) groups excluding carboxylic acids is 1. The summed E-state index contributed by atoms with van der Waals surface area (Å²) in [7, 11) is 3.59. The molecule has 0 aromatic heterocycles. The first kappa shape index (κ1) is 22.5. The highest BCUT2D eigenvalue weighted by Crippen LogP contribution is 2.54. The fraction of sp³-hybridized carbons (Fsp3) is 0.417. The molecule has 1 aromatic carbocycles. The zero-order chi connectivity index (χ0) is 22.5. The fourth-order valence-corrected chi connectivity index (χ4v) is 6.07. The Kier molecular flexibility index (Phi) is 6.06. The smallest absolute Gasteiger partial charge is 0.262 e. The van der Waals surface area contributed by atoms with Crippen LogP contribution in [0, 0.1) is 11.3 Å². The van der Waals surface area contributed by atoms with Crippen LogP contribution in [0.5, 0.6) is 0 Å². The quantitative estimate of drug-likeness (QED) is 0.518. The van der Waals surface area contributed by atoms with Crippen molar-refractivity contribution in [1.29, 1.82) is 0 Å². The molecule has 7 heteroatoms. The van der Waals surface area contributed by atoms with E-state index in [9.17, 15) is 4.79 Å². The SMILES string of the molecule is CC(C)C1=C(C(=O)N(C)C)SC2=N[C@@H](C3(C)C=CC(Cl)=CC3)[C@@H](c3ccc(Cl)cc3)N21. The Morgan fingerprint density at radius 1 is 1.26 bits per heavy atom. The minimum Gasteiger partial charge on any atom is -0.344 e. The van der Waals surface area contributed by atoms with Gasteiger partial charge in [-0.25, -0.2) is 0 Å². The number of amides is 1. The van der Waals surface area contributed by atoms with Crippen LogP contribution >= 0.6 is 35.0 Å². The summed E-state index contributed by atoms with van der Waals surface area (Å²) in [4.78, 5) is 22.9. The molecule has 164 valence electrons. The van der Waals surface area contributed by atoms with Crippen molar-refractivity contribution < 1.29 is 4.79 Å². The van der Waals surface area contributed by atoms with E-state index in [1.807, 2.05) is 18.2 Å². The number of nitrogens with zero attached hydrogens (tertiary/aromatic N) is 3. The summed E-state index contributed by atoms with van der Waals surface area (Å²) in [5, 5.41) is 2.37. The molecule has 0 radical (unpaired) electrons. The second-order valence-corrected chi connectivity index (χ2v) is 10.9. The van der Waals surface area contributed by atoms with Crippen LogP contribution in [-0.2, 0) is 4.79 Å². The molecular formula is C24H27Cl2N3OS. The summed E-state index contributed by atoms with van der Waals surface area (Å²) in [6.45, 7) is 6.51. The summed E-state index contributed by atoms with van der Waals surface area (Å²) in [6, 6.07) is 7.96. The van der Waals surface area contributed by atoms with Crippen LogP contribution in [0.3, 0.4) is 0 Å². The molecule has 0 saturated heterocycles. The maximum atomic E-state index is 13.0. The Labute approximate surface area is 198 Å². The van der Waals surface area contributed by atoms with Crippen LogP contribution in [0.1, 0.15) is 38.8 Å². The first-order valence-corrected chi connectivity index (χ1v) is 12.0. The third-order valence-electron chi connectivity index (χ3n) is 6.11. The summed E-state index contributed by atoms with van der Waals surface area (Å²) in [6.07, 6.45) is 7.04. The maximum Gasteiger partial charge on any atom is 0.262 e. The Hall–Kier alpha value is -1.69. The number of rotatable bonds is 4. The lowest BCUT2D eigenvalue weighted by atomic mass is 9.73. The number of carbonyl (C=O) groups is 1. The topological polar surface area (TPSA) is 35.9 Å². The summed E-state index contributed by atoms with van der Waals surface area (Å²) in [5.74, 6) is 0.201. The number of thioether (sulfide) groups is 1. The minimum absolute atomic E-state index is 0.0156. The Morgan fingerprint density at radius 2 is 1.94 bits per heavy atom. The van der Waals surface area contributed by atoms with Crippen molar-refractivity contribution in [3.8, 4) is 0 Å². The predicted molar refractivity (Wildman–Crippen MR) is 131 cm³/mol. The van der Waals surface area contributed by atoms with Gasteiger partial charge in [0, 0.05) is 35.3 Å². The molecule has 0 bridgehead atoms. The summed E-state index contributed by atoms with van der Waals surface area (Å²) in [5.41, 5.74) is 2.00. The van der Waals surface area contributed by atoms with Crippen molar-refractivity contribution in [3.05, 3.63) is 68.7 Å². The van der Waals surface area contributed by atoms with Gasteiger partial charge >= 0.3 is 0 Å². The van der Waals surface area contributed by atoms with Crippen LogP contribution in [0.4, 0.5) is 0 Å². The number of allylic oxidation sites excluding steroid dienone is 4. The maximum absolute atomic E-state index is 13.0. The number of aliphatic imine (C=N–C) groups is 1. The van der Waals surface area contributed by atoms with Gasteiger partial charge in [0.25, 0.3) is 5.91 Å². The van der Waals surface area contributed by atoms with Gasteiger partial charge in [0.15, 0.2) is 5.17 Å². The van der Waals surface area contributed by atoms with Gasteiger partial charge in [0.1, 0.15) is 4.91 Å². The van der Waals surface area contributed by atoms with Gasteiger partial charge in [-0.05, 0) is 47.9 Å². The van der Waals surface area contributed by atoms with Crippen molar-refractivity contribution in [2.45, 2.75) is 39.3 Å². The average Bonchev–Trinajstić information content (AvgIpc) is 3.27. The molecule has 3 aliphatic rings. The molecule has 31 heavy (non-hydrogen) atoms. The van der Waals surface area contributed by atoms with Gasteiger partial charge in [0.05, 0.1) is 12.1 Å². The Bertz CT molecular complexity index is 1030. The number of fused-ring (bicyclic) bond motifs is 1. The second kappa shape index (κ2) is 8.34. The molecule has 1 amide bonds. The van der Waals surface area contributed by atoms with Gasteiger partial charge in [-0.1, -0.05) is 68.3 Å². The zero-order valence-electron chi connectivity index (χ0n) is 18.4. The number of amidine groups is 1. The van der Waals surface area contributed by atoms with Crippen LogP contribution < -0.4 is 0 Å². The van der Waals surface area contributed by atoms with E-state index in [0.29, 0.717) is 5.02 Å². The Morgan fingerprint density at radius 3 is 2.48 bits per heavy atom. The van der Waals surface area contributed by atoms with Gasteiger partial charge in [-0.2, -0.15) is 0 Å². The van der Waals surface area contributed by atoms with E-state index in [1.165, 1.54) is 11.8 Å². The standard InChI is InChI=1S/C24H27Cl2N3OS/c1-14(2)18-20(22(30)28(4)5)31-23-27-21(24(3)12-10-17(26)11-13-24)19(29(18)23)15-6-8-16(25)9-7-15/h6-12,14,19,21H,13H2,1-5H3/t19-,21-,24?/m1/s1. The first-order valence-electron chi connectivity index (χ1n) is 10.4. The van der Waals surface area contributed by atoms with E-state index in [4.69, 9.17) is 28.2 Å². The molecule has 0 fully saturated rings. The highest BCUT2D eigenvalue weighted by atomic mass is 35.5. The van der Waals surface area contributed by atoms with E-state index in [1.54, 1.807) is 19.0 Å². The normalized spacial score (nSPS) is 27.5. The van der Waals surface area contributed by atoms with Gasteiger partial charge in [0.2, 0.25) is 0 Å². The number of hydrogen-bond acceptors (Lipinski definition) is 4. The third-order valence-corrected chi connectivity index (χ3v) is 7.72. The van der Waals surface area contributed by atoms with Crippen molar-refractivity contribution in [3.63, 3.8) is 0 Å². The predicted octanol–water partition coefficient (Wildman–Crippen LogP) is 6.21. The van der Waals surface area contributed by atoms with Crippen molar-refractivity contribution >= 4 is 46.0 Å². The molecule has 4 nitrogen and oxygen atoms in total. The van der Waals surface area contributed by atoms with Crippen LogP contribution in [0.15, 0.2) is 63.1 Å². The number of likely N-dealkylation sites (N-methyl/N-ethyl adjacent to an activating group) is 1. The molecule has 4 rings (SSSR count). The number of halogens is 2. The van der Waals surface area contributed by atoms with E-state index >= 15 is 0 Å². The second-order valence-electron chi connectivity index (χ2n) is 9.03. The molecule has 1 aromatic rings.